The average molecular weight is 324 g/mol. The van der Waals surface area contributed by atoms with Crippen molar-refractivity contribution in [1.29, 1.82) is 0 Å². The molecule has 8 heteroatoms. The van der Waals surface area contributed by atoms with Crippen LogP contribution in [0.1, 0.15) is 21.9 Å². The molecule has 2 heterocycles. The second-order valence-corrected chi connectivity index (χ2v) is 5.25. The molecule has 0 aliphatic rings. The smallest absolute Gasteiger partial charge is 0.335 e. The summed E-state index contributed by atoms with van der Waals surface area (Å²) in [5.41, 5.74) is 8.73. The minimum absolute atomic E-state index is 0.256. The van der Waals surface area contributed by atoms with Gasteiger partial charge in [0.25, 0.3) is 0 Å². The van der Waals surface area contributed by atoms with Crippen molar-refractivity contribution in [1.82, 2.24) is 19.9 Å². The van der Waals surface area contributed by atoms with Gasteiger partial charge in [-0.2, -0.15) is 0 Å². The van der Waals surface area contributed by atoms with Crippen molar-refractivity contribution < 1.29 is 9.90 Å². The van der Waals surface area contributed by atoms with Gasteiger partial charge >= 0.3 is 5.97 Å². The van der Waals surface area contributed by atoms with E-state index in [-0.39, 0.29) is 5.56 Å². The number of nitrogens with two attached hydrogens (primary N) is 1. The zero-order valence-corrected chi connectivity index (χ0v) is 13.0. The van der Waals surface area contributed by atoms with E-state index in [9.17, 15) is 4.79 Å². The highest BCUT2D eigenvalue weighted by atomic mass is 16.4. The van der Waals surface area contributed by atoms with Gasteiger partial charge in [0.1, 0.15) is 5.82 Å². The number of hydrogen-bond acceptors (Lipinski definition) is 7. The van der Waals surface area contributed by atoms with Gasteiger partial charge in [-0.15, -0.1) is 0 Å². The third-order valence-electron chi connectivity index (χ3n) is 3.44. The van der Waals surface area contributed by atoms with E-state index in [0.717, 1.165) is 11.4 Å². The van der Waals surface area contributed by atoms with Gasteiger partial charge in [0, 0.05) is 18.7 Å². The fraction of sp³-hybridized carbons (Fsp3) is 0.188. The Labute approximate surface area is 137 Å². The SMILES string of the molecule is Cc1nc(N)c2nc(CCNc3ccc(C(=O)O)cc3)cnc2n1. The van der Waals surface area contributed by atoms with Crippen LogP contribution in [0.4, 0.5) is 11.5 Å². The second-order valence-electron chi connectivity index (χ2n) is 5.25. The first-order valence-corrected chi connectivity index (χ1v) is 7.36. The predicted molar refractivity (Wildman–Crippen MR) is 89.9 cm³/mol. The fourth-order valence-electron chi connectivity index (χ4n) is 2.26. The molecule has 3 aromatic rings. The lowest BCUT2D eigenvalue weighted by Crippen LogP contribution is -2.08. The van der Waals surface area contributed by atoms with E-state index in [1.807, 2.05) is 0 Å². The molecule has 0 spiro atoms. The van der Waals surface area contributed by atoms with Crippen LogP contribution in [0.5, 0.6) is 0 Å². The number of nitrogens with one attached hydrogen (secondary N) is 1. The maximum absolute atomic E-state index is 10.8. The molecule has 0 amide bonds. The molecule has 0 aliphatic carbocycles. The van der Waals surface area contributed by atoms with Gasteiger partial charge in [-0.25, -0.2) is 24.7 Å². The third kappa shape index (κ3) is 3.37. The van der Waals surface area contributed by atoms with Crippen molar-refractivity contribution in [3.8, 4) is 0 Å². The van der Waals surface area contributed by atoms with Gasteiger partial charge in [0.15, 0.2) is 17.0 Å². The Bertz CT molecular complexity index is 895. The highest BCUT2D eigenvalue weighted by Crippen LogP contribution is 2.14. The number of carboxylic acid groups (broad SMARTS) is 1. The van der Waals surface area contributed by atoms with E-state index in [2.05, 4.69) is 25.3 Å². The predicted octanol–water partition coefficient (Wildman–Crippen LogP) is 1.66. The van der Waals surface area contributed by atoms with Gasteiger partial charge in [0.2, 0.25) is 0 Å². The number of carbonyl (C=O) groups is 1. The van der Waals surface area contributed by atoms with Crippen LogP contribution in [-0.2, 0) is 6.42 Å². The Morgan fingerprint density at radius 3 is 2.67 bits per heavy atom. The van der Waals surface area contributed by atoms with Crippen LogP contribution in [0, 0.1) is 6.92 Å². The zero-order valence-electron chi connectivity index (χ0n) is 13.0. The Morgan fingerprint density at radius 2 is 1.96 bits per heavy atom. The van der Waals surface area contributed by atoms with Crippen LogP contribution in [-0.4, -0.2) is 37.6 Å². The standard InChI is InChI=1S/C16H16N6O2/c1-9-20-14(17)13-15(21-9)19-8-12(22-13)6-7-18-11-4-2-10(3-5-11)16(23)24/h2-5,8,18H,6-7H2,1H3,(H,23,24)(H2,17,19,20,21). The lowest BCUT2D eigenvalue weighted by atomic mass is 10.2. The summed E-state index contributed by atoms with van der Waals surface area (Å²) < 4.78 is 0. The number of hydrogen-bond donors (Lipinski definition) is 3. The molecule has 4 N–H and O–H groups in total. The summed E-state index contributed by atoms with van der Waals surface area (Å²) in [7, 11) is 0. The van der Waals surface area contributed by atoms with E-state index < -0.39 is 5.97 Å². The number of benzene rings is 1. The molecule has 0 unspecified atom stereocenters. The lowest BCUT2D eigenvalue weighted by Gasteiger charge is -2.07. The van der Waals surface area contributed by atoms with Crippen molar-refractivity contribution in [3.05, 3.63) is 47.5 Å². The second kappa shape index (κ2) is 6.45. The van der Waals surface area contributed by atoms with E-state index in [0.29, 0.717) is 35.8 Å². The maximum Gasteiger partial charge on any atom is 0.335 e. The minimum Gasteiger partial charge on any atom is -0.478 e. The monoisotopic (exact) mass is 324 g/mol. The topological polar surface area (TPSA) is 127 Å². The Morgan fingerprint density at radius 1 is 1.21 bits per heavy atom. The molecular weight excluding hydrogens is 308 g/mol. The maximum atomic E-state index is 10.8. The minimum atomic E-state index is -0.942. The molecule has 0 saturated carbocycles. The zero-order chi connectivity index (χ0) is 17.1. The highest BCUT2D eigenvalue weighted by Gasteiger charge is 2.07. The lowest BCUT2D eigenvalue weighted by molar-refractivity contribution is 0.0697. The summed E-state index contributed by atoms with van der Waals surface area (Å²) in [4.78, 5) is 27.8. The number of nitrogens with zero attached hydrogens (tertiary/aromatic N) is 4. The molecule has 8 nitrogen and oxygen atoms in total. The first-order valence-electron chi connectivity index (χ1n) is 7.36. The van der Waals surface area contributed by atoms with Gasteiger partial charge in [-0.1, -0.05) is 0 Å². The van der Waals surface area contributed by atoms with Crippen molar-refractivity contribution in [2.45, 2.75) is 13.3 Å². The number of nitrogen functional groups attached to an aromatic ring is 1. The van der Waals surface area contributed by atoms with Crippen molar-refractivity contribution in [2.75, 3.05) is 17.6 Å². The van der Waals surface area contributed by atoms with Gasteiger partial charge in [-0.3, -0.25) is 0 Å². The third-order valence-corrected chi connectivity index (χ3v) is 3.44. The first-order chi connectivity index (χ1) is 11.5. The molecule has 0 bridgehead atoms. The van der Waals surface area contributed by atoms with E-state index in [4.69, 9.17) is 10.8 Å². The van der Waals surface area contributed by atoms with E-state index in [1.54, 1.807) is 37.4 Å². The number of aromatic nitrogens is 4. The molecule has 122 valence electrons. The summed E-state index contributed by atoms with van der Waals surface area (Å²) in [5, 5.41) is 12.1. The molecule has 1 aromatic carbocycles. The Hall–Kier alpha value is -3.29. The molecule has 0 saturated heterocycles. The van der Waals surface area contributed by atoms with Gasteiger partial charge in [0.05, 0.1) is 17.5 Å². The van der Waals surface area contributed by atoms with Crippen LogP contribution < -0.4 is 11.1 Å². The molecule has 0 aliphatic heterocycles. The van der Waals surface area contributed by atoms with Crippen LogP contribution in [0.15, 0.2) is 30.5 Å². The van der Waals surface area contributed by atoms with Crippen molar-refractivity contribution in [2.24, 2.45) is 0 Å². The Balaban J connectivity index is 1.66. The van der Waals surface area contributed by atoms with Crippen LogP contribution in [0.2, 0.25) is 0 Å². The first kappa shape index (κ1) is 15.6. The fourth-order valence-corrected chi connectivity index (χ4v) is 2.26. The quantitative estimate of drug-likeness (QED) is 0.646. The largest absolute Gasteiger partial charge is 0.478 e. The number of anilines is 2. The van der Waals surface area contributed by atoms with Crippen LogP contribution >= 0.6 is 0 Å². The van der Waals surface area contributed by atoms with Crippen LogP contribution in [0.25, 0.3) is 11.2 Å². The molecule has 0 fully saturated rings. The molecule has 2 aromatic heterocycles. The number of aryl methyl sites for hydroxylation is 1. The molecule has 0 radical (unpaired) electrons. The summed E-state index contributed by atoms with van der Waals surface area (Å²) in [5.74, 6) is -0.0550. The number of carboxylic acids is 1. The normalized spacial score (nSPS) is 10.7. The Kier molecular flexibility index (Phi) is 4.19. The number of rotatable bonds is 5. The molecule has 3 rings (SSSR count). The summed E-state index contributed by atoms with van der Waals surface area (Å²) in [6.07, 6.45) is 2.31. The summed E-state index contributed by atoms with van der Waals surface area (Å²) >= 11 is 0. The molecular formula is C16H16N6O2. The molecule has 24 heavy (non-hydrogen) atoms. The number of fused-ring (bicyclic) bond motifs is 1. The van der Waals surface area contributed by atoms with Gasteiger partial charge < -0.3 is 16.2 Å². The van der Waals surface area contributed by atoms with Gasteiger partial charge in [-0.05, 0) is 31.2 Å². The average Bonchev–Trinajstić information content (AvgIpc) is 2.55. The van der Waals surface area contributed by atoms with Crippen molar-refractivity contribution >= 4 is 28.6 Å². The van der Waals surface area contributed by atoms with Crippen molar-refractivity contribution in [3.63, 3.8) is 0 Å². The molecule has 0 atom stereocenters. The van der Waals surface area contributed by atoms with E-state index >= 15 is 0 Å². The summed E-state index contributed by atoms with van der Waals surface area (Å²) in [6, 6.07) is 6.57. The number of aromatic carboxylic acids is 1. The van der Waals surface area contributed by atoms with Crippen LogP contribution in [0.3, 0.4) is 0 Å². The van der Waals surface area contributed by atoms with E-state index in [1.165, 1.54) is 0 Å². The summed E-state index contributed by atoms with van der Waals surface area (Å²) in [6.45, 7) is 2.38. The highest BCUT2D eigenvalue weighted by molar-refractivity contribution is 5.88.